The Morgan fingerprint density at radius 1 is 0.385 bits per heavy atom. The number of allylic oxidation sites excluding steroid dienone is 11. The number of aliphatic hydroxyl groups is 2. The van der Waals surface area contributed by atoms with Gasteiger partial charge in [0.25, 0.3) is 0 Å². The van der Waals surface area contributed by atoms with Crippen molar-refractivity contribution in [1.29, 1.82) is 0 Å². The van der Waals surface area contributed by atoms with Crippen molar-refractivity contribution in [1.82, 2.24) is 5.32 Å². The summed E-state index contributed by atoms with van der Waals surface area (Å²) in [6.45, 7) is 4.21. The van der Waals surface area contributed by atoms with E-state index in [1.807, 2.05) is 6.08 Å². The van der Waals surface area contributed by atoms with E-state index in [9.17, 15) is 15.0 Å². The first-order valence-corrected chi connectivity index (χ1v) is 28.7. The minimum absolute atomic E-state index is 0.0700. The standard InChI is InChI=1S/C61H111NO3/c1-3-5-7-9-11-13-15-17-19-21-23-25-27-29-30-31-33-34-36-38-40-42-44-46-48-50-52-54-56-60(64)59(58-63)62-61(65)57-55-53-51-49-47-45-43-41-39-37-35-32-28-26-24-22-20-18-16-14-12-10-8-6-4-2/h6,8,12,14,18,20,24,26,32,35,54,56,59-60,63-64H,3-5,7,9-11,13,15-17,19,21-23,25,27-31,33-34,36-53,55,57-58H2,1-2H3,(H,62,65)/b8-6-,14-12-,20-18-,26-24-,35-32-,56-54+. The second-order valence-corrected chi connectivity index (χ2v) is 19.3. The third-order valence-corrected chi connectivity index (χ3v) is 12.9. The molecule has 378 valence electrons. The number of carbonyl (C=O) groups is 1. The van der Waals surface area contributed by atoms with Crippen molar-refractivity contribution in [2.24, 2.45) is 0 Å². The van der Waals surface area contributed by atoms with Crippen LogP contribution in [0.4, 0.5) is 0 Å². The zero-order valence-corrected chi connectivity index (χ0v) is 43.5. The fourth-order valence-corrected chi connectivity index (χ4v) is 8.62. The molecule has 2 unspecified atom stereocenters. The Hall–Kier alpha value is -2.17. The molecule has 0 saturated heterocycles. The van der Waals surface area contributed by atoms with E-state index in [4.69, 9.17) is 0 Å². The molecule has 0 radical (unpaired) electrons. The normalized spacial score (nSPS) is 13.4. The molecule has 0 aromatic rings. The summed E-state index contributed by atoms with van der Waals surface area (Å²) in [6.07, 6.45) is 80.6. The van der Waals surface area contributed by atoms with Crippen molar-refractivity contribution in [3.8, 4) is 0 Å². The molecule has 0 saturated carbocycles. The summed E-state index contributed by atoms with van der Waals surface area (Å²) < 4.78 is 0. The Labute approximate surface area is 406 Å². The summed E-state index contributed by atoms with van der Waals surface area (Å²) in [5, 5.41) is 23.2. The molecule has 0 aliphatic heterocycles. The van der Waals surface area contributed by atoms with E-state index >= 15 is 0 Å². The quantitative estimate of drug-likeness (QED) is 0.0421. The minimum Gasteiger partial charge on any atom is -0.394 e. The van der Waals surface area contributed by atoms with Gasteiger partial charge in [0.15, 0.2) is 0 Å². The second-order valence-electron chi connectivity index (χ2n) is 19.3. The van der Waals surface area contributed by atoms with Crippen molar-refractivity contribution < 1.29 is 15.0 Å². The molecule has 4 nitrogen and oxygen atoms in total. The number of aliphatic hydroxyl groups excluding tert-OH is 2. The Kier molecular flexibility index (Phi) is 54.3. The molecule has 0 bridgehead atoms. The van der Waals surface area contributed by atoms with Gasteiger partial charge in [-0.1, -0.05) is 292 Å². The lowest BCUT2D eigenvalue weighted by Gasteiger charge is -2.20. The van der Waals surface area contributed by atoms with Gasteiger partial charge in [-0.05, 0) is 64.2 Å². The molecule has 65 heavy (non-hydrogen) atoms. The molecular formula is C61H111NO3. The van der Waals surface area contributed by atoms with Gasteiger partial charge in [0.1, 0.15) is 0 Å². The third-order valence-electron chi connectivity index (χ3n) is 12.9. The van der Waals surface area contributed by atoms with Gasteiger partial charge in [-0.2, -0.15) is 0 Å². The minimum atomic E-state index is -0.847. The van der Waals surface area contributed by atoms with Crippen molar-refractivity contribution in [3.63, 3.8) is 0 Å². The van der Waals surface area contributed by atoms with Crippen LogP contribution in [0, 0.1) is 0 Å². The van der Waals surface area contributed by atoms with Crippen LogP contribution in [0.3, 0.4) is 0 Å². The zero-order chi connectivity index (χ0) is 47.0. The predicted molar refractivity (Wildman–Crippen MR) is 290 cm³/mol. The van der Waals surface area contributed by atoms with Gasteiger partial charge in [-0.3, -0.25) is 4.79 Å². The van der Waals surface area contributed by atoms with Crippen LogP contribution in [-0.2, 0) is 4.79 Å². The molecule has 0 aliphatic carbocycles. The van der Waals surface area contributed by atoms with Gasteiger partial charge in [0.05, 0.1) is 18.8 Å². The van der Waals surface area contributed by atoms with Crippen LogP contribution in [0.1, 0.15) is 290 Å². The van der Waals surface area contributed by atoms with Gasteiger partial charge in [0.2, 0.25) is 5.91 Å². The van der Waals surface area contributed by atoms with E-state index in [0.717, 1.165) is 57.8 Å². The van der Waals surface area contributed by atoms with Crippen LogP contribution in [0.5, 0.6) is 0 Å². The van der Waals surface area contributed by atoms with Crippen LogP contribution in [0.2, 0.25) is 0 Å². The average Bonchev–Trinajstić information content (AvgIpc) is 3.31. The molecule has 1 amide bonds. The molecule has 0 fully saturated rings. The summed E-state index contributed by atoms with van der Waals surface area (Å²) in [7, 11) is 0. The number of rotatable bonds is 52. The first-order chi connectivity index (χ1) is 32.2. The maximum absolute atomic E-state index is 12.5. The fourth-order valence-electron chi connectivity index (χ4n) is 8.62. The monoisotopic (exact) mass is 906 g/mol. The SMILES string of the molecule is CC/C=C\C/C=C\C/C=C\C/C=C\C/C=C\CCCCCCCCCCCC(=O)NC(CO)C(O)/C=C/CCCCCCCCCCCCCCCCCCCCCCCCCCCC. The first-order valence-electron chi connectivity index (χ1n) is 28.7. The Morgan fingerprint density at radius 2 is 0.677 bits per heavy atom. The summed E-state index contributed by atoms with van der Waals surface area (Å²) in [6, 6.07) is -0.631. The number of hydrogen-bond donors (Lipinski definition) is 3. The van der Waals surface area contributed by atoms with Crippen molar-refractivity contribution in [2.75, 3.05) is 6.61 Å². The summed E-state index contributed by atoms with van der Waals surface area (Å²) in [5.41, 5.74) is 0. The highest BCUT2D eigenvalue weighted by Gasteiger charge is 2.18. The molecule has 0 aliphatic rings. The number of carbonyl (C=O) groups excluding carboxylic acids is 1. The van der Waals surface area contributed by atoms with E-state index in [-0.39, 0.29) is 12.5 Å². The highest BCUT2D eigenvalue weighted by molar-refractivity contribution is 5.76. The lowest BCUT2D eigenvalue weighted by Crippen LogP contribution is -2.45. The fraction of sp³-hybridized carbons (Fsp3) is 0.787. The molecule has 0 aromatic carbocycles. The van der Waals surface area contributed by atoms with Crippen LogP contribution in [0.15, 0.2) is 72.9 Å². The van der Waals surface area contributed by atoms with E-state index in [2.05, 4.69) is 79.9 Å². The lowest BCUT2D eigenvalue weighted by atomic mass is 10.0. The van der Waals surface area contributed by atoms with Crippen LogP contribution in [0.25, 0.3) is 0 Å². The molecule has 0 rings (SSSR count). The summed E-state index contributed by atoms with van der Waals surface area (Å²) in [4.78, 5) is 12.5. The summed E-state index contributed by atoms with van der Waals surface area (Å²) >= 11 is 0. The number of hydrogen-bond acceptors (Lipinski definition) is 3. The number of unbranched alkanes of at least 4 members (excludes halogenated alkanes) is 35. The largest absolute Gasteiger partial charge is 0.394 e. The topological polar surface area (TPSA) is 69.6 Å². The van der Waals surface area contributed by atoms with E-state index in [1.54, 1.807) is 6.08 Å². The van der Waals surface area contributed by atoms with Crippen molar-refractivity contribution in [3.05, 3.63) is 72.9 Å². The Bertz CT molecular complexity index is 1120. The molecule has 3 N–H and O–H groups in total. The molecule has 4 heteroatoms. The Morgan fingerprint density at radius 3 is 1.02 bits per heavy atom. The van der Waals surface area contributed by atoms with Gasteiger partial charge >= 0.3 is 0 Å². The highest BCUT2D eigenvalue weighted by atomic mass is 16.3. The predicted octanol–water partition coefficient (Wildman–Crippen LogP) is 19.0. The molecule has 0 spiro atoms. The van der Waals surface area contributed by atoms with Crippen LogP contribution in [-0.4, -0.2) is 34.9 Å². The second kappa shape index (κ2) is 56.2. The van der Waals surface area contributed by atoms with Gasteiger partial charge in [-0.25, -0.2) is 0 Å². The zero-order valence-electron chi connectivity index (χ0n) is 43.5. The lowest BCUT2D eigenvalue weighted by molar-refractivity contribution is -0.123. The molecule has 0 aromatic heterocycles. The molecular weight excluding hydrogens is 795 g/mol. The first kappa shape index (κ1) is 62.8. The van der Waals surface area contributed by atoms with E-state index in [1.165, 1.54) is 212 Å². The number of amides is 1. The smallest absolute Gasteiger partial charge is 0.220 e. The van der Waals surface area contributed by atoms with Gasteiger partial charge < -0.3 is 15.5 Å². The van der Waals surface area contributed by atoms with Crippen molar-refractivity contribution >= 4 is 5.91 Å². The molecule has 0 heterocycles. The van der Waals surface area contributed by atoms with E-state index < -0.39 is 12.1 Å². The van der Waals surface area contributed by atoms with E-state index in [0.29, 0.717) is 6.42 Å². The maximum Gasteiger partial charge on any atom is 0.220 e. The van der Waals surface area contributed by atoms with Crippen molar-refractivity contribution in [2.45, 2.75) is 302 Å². The van der Waals surface area contributed by atoms with Gasteiger partial charge in [-0.15, -0.1) is 0 Å². The van der Waals surface area contributed by atoms with Crippen LogP contribution < -0.4 is 5.32 Å². The van der Waals surface area contributed by atoms with Gasteiger partial charge in [0, 0.05) is 6.42 Å². The average molecular weight is 907 g/mol. The highest BCUT2D eigenvalue weighted by Crippen LogP contribution is 2.17. The van der Waals surface area contributed by atoms with Crippen LogP contribution >= 0.6 is 0 Å². The number of nitrogens with one attached hydrogen (secondary N) is 1. The molecule has 2 atom stereocenters. The Balaban J connectivity index is 3.52. The maximum atomic E-state index is 12.5. The third kappa shape index (κ3) is 52.7. The summed E-state index contributed by atoms with van der Waals surface area (Å²) in [5.74, 6) is -0.0700.